The second-order valence-corrected chi connectivity index (χ2v) is 7.85. The fraction of sp³-hybridized carbons (Fsp3) is 0.0909. The molecule has 8 heteroatoms. The van der Waals surface area contributed by atoms with Gasteiger partial charge in [0.2, 0.25) is 4.96 Å². The smallest absolute Gasteiger partial charge is 0.296 e. The zero-order chi connectivity index (χ0) is 21.1. The molecular formula is C22H16ClN3O3S. The number of aromatic nitrogens is 3. The van der Waals surface area contributed by atoms with E-state index in [0.29, 0.717) is 9.55 Å². The van der Waals surface area contributed by atoms with E-state index in [4.69, 9.17) is 16.3 Å². The van der Waals surface area contributed by atoms with Crippen molar-refractivity contribution in [2.45, 2.75) is 6.42 Å². The minimum absolute atomic E-state index is 0.209. The average Bonchev–Trinajstić information content (AvgIpc) is 3.05. The molecule has 4 rings (SSSR count). The molecule has 2 heterocycles. The highest BCUT2D eigenvalue weighted by molar-refractivity contribution is 7.15. The lowest BCUT2D eigenvalue weighted by molar-refractivity contribution is 0.414. The van der Waals surface area contributed by atoms with Crippen molar-refractivity contribution in [3.8, 4) is 5.75 Å². The molecule has 6 nitrogen and oxygen atoms in total. The molecule has 0 aliphatic heterocycles. The largest absolute Gasteiger partial charge is 0.496 e. The van der Waals surface area contributed by atoms with Gasteiger partial charge in [-0.2, -0.15) is 14.6 Å². The van der Waals surface area contributed by atoms with Crippen molar-refractivity contribution in [3.63, 3.8) is 0 Å². The first-order chi connectivity index (χ1) is 14.5. The van der Waals surface area contributed by atoms with Crippen LogP contribution in [0.3, 0.4) is 0 Å². The third-order valence-corrected chi connectivity index (χ3v) is 5.63. The molecule has 0 unspecified atom stereocenters. The molecule has 4 aromatic rings. The molecule has 2 aromatic heterocycles. The second kappa shape index (κ2) is 8.61. The Labute approximate surface area is 180 Å². The SMILES string of the molecule is COc1ccccc1C=CC=c1sc2nc(=O)c(Cc3ccc(Cl)cc3)nn2c1=O. The van der Waals surface area contributed by atoms with Gasteiger partial charge in [-0.25, -0.2) is 0 Å². The number of halogens is 1. The molecule has 0 atom stereocenters. The lowest BCUT2D eigenvalue weighted by Gasteiger charge is -2.02. The average molecular weight is 438 g/mol. The van der Waals surface area contributed by atoms with E-state index in [1.807, 2.05) is 42.5 Å². The van der Waals surface area contributed by atoms with Crippen LogP contribution in [0.2, 0.25) is 5.02 Å². The van der Waals surface area contributed by atoms with Gasteiger partial charge in [-0.05, 0) is 29.8 Å². The van der Waals surface area contributed by atoms with Crippen molar-refractivity contribution >= 4 is 40.1 Å². The first-order valence-corrected chi connectivity index (χ1v) is 10.2. The summed E-state index contributed by atoms with van der Waals surface area (Å²) >= 11 is 7.02. The molecule has 0 saturated carbocycles. The van der Waals surface area contributed by atoms with Gasteiger partial charge in [0.05, 0.1) is 11.6 Å². The zero-order valence-corrected chi connectivity index (χ0v) is 17.5. The summed E-state index contributed by atoms with van der Waals surface area (Å²) in [5, 5.41) is 4.86. The monoisotopic (exact) mass is 437 g/mol. The van der Waals surface area contributed by atoms with Crippen molar-refractivity contribution in [2.75, 3.05) is 7.11 Å². The Balaban J connectivity index is 1.69. The predicted molar refractivity (Wildman–Crippen MR) is 119 cm³/mol. The molecule has 0 aliphatic carbocycles. The van der Waals surface area contributed by atoms with Crippen molar-refractivity contribution in [1.82, 2.24) is 14.6 Å². The molecule has 0 amide bonds. The minimum atomic E-state index is -0.442. The van der Waals surface area contributed by atoms with E-state index in [1.54, 1.807) is 31.4 Å². The number of fused-ring (bicyclic) bond motifs is 1. The number of methoxy groups -OCH3 is 1. The minimum Gasteiger partial charge on any atom is -0.496 e. The lowest BCUT2D eigenvalue weighted by Crippen LogP contribution is -2.27. The quantitative estimate of drug-likeness (QED) is 0.480. The molecule has 0 fully saturated rings. The maximum atomic E-state index is 12.7. The van der Waals surface area contributed by atoms with Gasteiger partial charge >= 0.3 is 0 Å². The molecule has 0 N–H and O–H groups in total. The van der Waals surface area contributed by atoms with Crippen LogP contribution in [0.5, 0.6) is 5.75 Å². The van der Waals surface area contributed by atoms with E-state index in [0.717, 1.165) is 28.2 Å². The van der Waals surface area contributed by atoms with E-state index >= 15 is 0 Å². The van der Waals surface area contributed by atoms with Crippen molar-refractivity contribution in [3.05, 3.63) is 102 Å². The van der Waals surface area contributed by atoms with E-state index < -0.39 is 5.56 Å². The number of hydrogen-bond donors (Lipinski definition) is 0. The van der Waals surface area contributed by atoms with Crippen LogP contribution in [0.25, 0.3) is 17.1 Å². The molecule has 0 saturated heterocycles. The number of thiazole rings is 1. The molecule has 0 spiro atoms. The van der Waals surface area contributed by atoms with Crippen molar-refractivity contribution in [2.24, 2.45) is 0 Å². The molecule has 0 bridgehead atoms. The first-order valence-electron chi connectivity index (χ1n) is 9.04. The van der Waals surface area contributed by atoms with Crippen molar-refractivity contribution in [1.29, 1.82) is 0 Å². The van der Waals surface area contributed by atoms with Gasteiger partial charge in [0.25, 0.3) is 11.1 Å². The van der Waals surface area contributed by atoms with Crippen LogP contribution in [-0.4, -0.2) is 21.7 Å². The number of nitrogens with zero attached hydrogens (tertiary/aromatic N) is 3. The number of hydrogen-bond acceptors (Lipinski definition) is 6. The highest BCUT2D eigenvalue weighted by Crippen LogP contribution is 2.18. The second-order valence-electron chi connectivity index (χ2n) is 6.40. The number of para-hydroxylation sites is 1. The van der Waals surface area contributed by atoms with E-state index in [1.165, 1.54) is 4.52 Å². The number of rotatable bonds is 5. The van der Waals surface area contributed by atoms with E-state index in [-0.39, 0.29) is 22.6 Å². The van der Waals surface area contributed by atoms with Gasteiger partial charge in [0.15, 0.2) is 0 Å². The maximum Gasteiger partial charge on any atom is 0.296 e. The van der Waals surface area contributed by atoms with Crippen LogP contribution < -0.4 is 20.4 Å². The molecule has 0 radical (unpaired) electrons. The summed E-state index contributed by atoms with van der Waals surface area (Å²) in [6.07, 6.45) is 5.56. The fourth-order valence-corrected chi connectivity index (χ4v) is 3.89. The summed E-state index contributed by atoms with van der Waals surface area (Å²) in [6.45, 7) is 0. The third kappa shape index (κ3) is 4.17. The summed E-state index contributed by atoms with van der Waals surface area (Å²) in [4.78, 5) is 29.4. The standard InChI is InChI=1S/C22H16ClN3O3S/c1-29-18-7-3-2-5-15(18)6-4-8-19-21(28)26-22(30-19)24-20(27)17(25-26)13-14-9-11-16(23)12-10-14/h2-12H,13H2,1H3. The number of ether oxygens (including phenoxy) is 1. The Morgan fingerprint density at radius 1 is 1.13 bits per heavy atom. The molecule has 30 heavy (non-hydrogen) atoms. The Hall–Kier alpha value is -3.29. The summed E-state index contributed by atoms with van der Waals surface area (Å²) in [5.74, 6) is 0.737. The van der Waals surface area contributed by atoms with Crippen molar-refractivity contribution < 1.29 is 4.74 Å². The summed E-state index contributed by atoms with van der Waals surface area (Å²) in [6, 6.07) is 14.7. The zero-order valence-electron chi connectivity index (χ0n) is 15.9. The molecule has 2 aromatic carbocycles. The van der Waals surface area contributed by atoms with Gasteiger partial charge in [0.1, 0.15) is 11.4 Å². The topological polar surface area (TPSA) is 73.6 Å². The van der Waals surface area contributed by atoms with Crippen LogP contribution in [-0.2, 0) is 6.42 Å². The maximum absolute atomic E-state index is 12.7. The van der Waals surface area contributed by atoms with Gasteiger partial charge in [-0.15, -0.1) is 0 Å². The normalized spacial score (nSPS) is 12.1. The Kier molecular flexibility index (Phi) is 5.74. The predicted octanol–water partition coefficient (Wildman–Crippen LogP) is 2.98. The van der Waals surface area contributed by atoms with E-state index in [2.05, 4.69) is 10.1 Å². The molecule has 150 valence electrons. The van der Waals surface area contributed by atoms with Gasteiger partial charge in [-0.1, -0.05) is 65.4 Å². The lowest BCUT2D eigenvalue weighted by atomic mass is 10.1. The van der Waals surface area contributed by atoms with Gasteiger partial charge in [-0.3, -0.25) is 9.59 Å². The Morgan fingerprint density at radius 3 is 2.67 bits per heavy atom. The van der Waals surface area contributed by atoms with Crippen LogP contribution in [0.15, 0.2) is 64.2 Å². The van der Waals surface area contributed by atoms with Crippen LogP contribution in [0.4, 0.5) is 0 Å². The Morgan fingerprint density at radius 2 is 1.90 bits per heavy atom. The molecule has 0 aliphatic rings. The van der Waals surface area contributed by atoms with Crippen LogP contribution >= 0.6 is 22.9 Å². The fourth-order valence-electron chi connectivity index (χ4n) is 2.90. The summed E-state index contributed by atoms with van der Waals surface area (Å²) in [7, 11) is 1.61. The highest BCUT2D eigenvalue weighted by Gasteiger charge is 2.11. The van der Waals surface area contributed by atoms with Gasteiger partial charge in [0, 0.05) is 17.0 Å². The van der Waals surface area contributed by atoms with Crippen LogP contribution in [0.1, 0.15) is 16.8 Å². The summed E-state index contributed by atoms with van der Waals surface area (Å²) in [5.41, 5.74) is 1.20. The highest BCUT2D eigenvalue weighted by atomic mass is 35.5. The third-order valence-electron chi connectivity index (χ3n) is 4.40. The molecular weight excluding hydrogens is 422 g/mol. The van der Waals surface area contributed by atoms with Crippen LogP contribution in [0, 0.1) is 0 Å². The Bertz CT molecular complexity index is 1410. The van der Waals surface area contributed by atoms with Gasteiger partial charge < -0.3 is 4.74 Å². The number of benzene rings is 2. The number of allylic oxidation sites excluding steroid dienone is 1. The first kappa shape index (κ1) is 20.0. The van der Waals surface area contributed by atoms with E-state index in [9.17, 15) is 9.59 Å². The summed E-state index contributed by atoms with van der Waals surface area (Å²) < 4.78 is 6.93.